The average molecular weight is 1070 g/mol. The van der Waals surface area contributed by atoms with Crippen molar-refractivity contribution in [2.75, 3.05) is 13.2 Å². The number of nitrogens with one attached hydrogen (secondary N) is 2. The lowest BCUT2D eigenvalue weighted by Gasteiger charge is -2.67. The monoisotopic (exact) mass is 1070 g/mol. The molecule has 8 rings (SSSR count). The van der Waals surface area contributed by atoms with Crippen LogP contribution in [0.5, 0.6) is 0 Å². The molecule has 412 valence electrons. The summed E-state index contributed by atoms with van der Waals surface area (Å²) < 4.78 is 42.2. The first-order valence-electron chi connectivity index (χ1n) is 25.8. The van der Waals surface area contributed by atoms with E-state index in [9.17, 15) is 39.0 Å². The van der Waals surface area contributed by atoms with Gasteiger partial charge in [0.2, 0.25) is 6.10 Å². The molecule has 0 aromatic heterocycles. The summed E-state index contributed by atoms with van der Waals surface area (Å²) in [5.41, 5.74) is -6.86. The predicted molar refractivity (Wildman–Crippen MR) is 275 cm³/mol. The molecule has 0 unspecified atom stereocenters. The molecule has 78 heavy (non-hydrogen) atoms. The Morgan fingerprint density at radius 3 is 1.97 bits per heavy atom. The maximum Gasteiger partial charge on any atom is 0.407 e. The zero-order chi connectivity index (χ0) is 56.2. The number of ether oxygens (including phenoxy) is 7. The highest BCUT2D eigenvalue weighted by molar-refractivity contribution is 5.96. The Hall–Kier alpha value is -7.74. The molecular weight excluding hydrogens is 1010 g/mol. The summed E-state index contributed by atoms with van der Waals surface area (Å²) in [6.07, 6.45) is -12.0. The van der Waals surface area contributed by atoms with Gasteiger partial charge in [0.15, 0.2) is 17.5 Å². The molecule has 2 saturated carbocycles. The summed E-state index contributed by atoms with van der Waals surface area (Å²) in [7, 11) is 0. The molecule has 4 N–H and O–H groups in total. The molecule has 1 saturated heterocycles. The number of benzene rings is 4. The normalized spacial score (nSPS) is 27.5. The summed E-state index contributed by atoms with van der Waals surface area (Å²) >= 11 is 0. The van der Waals surface area contributed by atoms with Gasteiger partial charge in [-0.05, 0) is 66.8 Å². The van der Waals surface area contributed by atoms with Crippen LogP contribution in [0.2, 0.25) is 0 Å². The molecule has 4 aromatic carbocycles. The van der Waals surface area contributed by atoms with Crippen molar-refractivity contribution in [1.82, 2.24) is 10.6 Å². The van der Waals surface area contributed by atoms with Gasteiger partial charge in [0.1, 0.15) is 36.6 Å². The number of carbonyl (C=O) groups excluding carboxylic acids is 8. The minimum atomic E-state index is -2.49. The molecule has 0 spiro atoms. The van der Waals surface area contributed by atoms with Gasteiger partial charge in [0.05, 0.1) is 29.6 Å². The van der Waals surface area contributed by atoms with Crippen molar-refractivity contribution in [1.29, 1.82) is 0 Å². The van der Waals surface area contributed by atoms with Crippen molar-refractivity contribution in [3.8, 4) is 0 Å². The van der Waals surface area contributed by atoms with Gasteiger partial charge in [0.25, 0.3) is 5.91 Å². The van der Waals surface area contributed by atoms with E-state index in [4.69, 9.17) is 33.2 Å². The van der Waals surface area contributed by atoms with Crippen LogP contribution in [0, 0.1) is 16.7 Å². The summed E-state index contributed by atoms with van der Waals surface area (Å²) in [5, 5.41) is 31.7. The molecule has 1 aliphatic heterocycles. The van der Waals surface area contributed by atoms with Crippen LogP contribution < -0.4 is 10.6 Å². The first kappa shape index (κ1) is 56.5. The number of amides is 2. The van der Waals surface area contributed by atoms with Crippen molar-refractivity contribution in [3.05, 3.63) is 155 Å². The molecule has 4 aromatic rings. The lowest BCUT2D eigenvalue weighted by Crippen LogP contribution is -2.82. The molecule has 3 aliphatic carbocycles. The van der Waals surface area contributed by atoms with E-state index in [0.29, 0.717) is 5.56 Å². The molecule has 4 aliphatic rings. The van der Waals surface area contributed by atoms with Crippen molar-refractivity contribution < 1.29 is 81.7 Å². The molecule has 19 nitrogen and oxygen atoms in total. The van der Waals surface area contributed by atoms with Gasteiger partial charge < -0.3 is 54.0 Å². The largest absolute Gasteiger partial charge is 0.455 e. The number of hydrogen-bond donors (Lipinski definition) is 4. The third-order valence-corrected chi connectivity index (χ3v) is 15.8. The number of alkyl carbamates (subject to hydrolysis) is 1. The summed E-state index contributed by atoms with van der Waals surface area (Å²) in [5.74, 6) is -8.09. The van der Waals surface area contributed by atoms with Gasteiger partial charge in [-0.3, -0.25) is 24.0 Å². The van der Waals surface area contributed by atoms with E-state index >= 15 is 9.59 Å². The van der Waals surface area contributed by atoms with Gasteiger partial charge in [0, 0.05) is 50.6 Å². The number of ketones is 1. The van der Waals surface area contributed by atoms with Crippen LogP contribution in [0.4, 0.5) is 4.79 Å². The van der Waals surface area contributed by atoms with Crippen LogP contribution in [-0.4, -0.2) is 119 Å². The maximum atomic E-state index is 15.8. The maximum absolute atomic E-state index is 15.8. The SMILES string of the molecule is CC(=O)O[C@H]1C(=O)[C@@]2(C)[C@H]([C@H](OC(=O)c3ccccc3)[C@]3(O)C[C@H](OC(=O)[C@H](OC(=O)CCCNC(=O)OCc4ccccc4)[C@@H](NC(=O)c4ccccc4)c4ccccc4)C(C)=C1C3(C)C)[C@]1(OC(C)=O)CO[C@@H]1C[C@@H]2O. The quantitative estimate of drug-likeness (QED) is 0.0409. The third-order valence-electron chi connectivity index (χ3n) is 15.8. The zero-order valence-corrected chi connectivity index (χ0v) is 44.1. The Labute approximate surface area is 450 Å². The second kappa shape index (κ2) is 23.1. The van der Waals surface area contributed by atoms with Crippen molar-refractivity contribution in [2.45, 2.75) is 128 Å². The minimum Gasteiger partial charge on any atom is -0.455 e. The van der Waals surface area contributed by atoms with E-state index in [2.05, 4.69) is 10.6 Å². The first-order chi connectivity index (χ1) is 37.1. The van der Waals surface area contributed by atoms with Gasteiger partial charge >= 0.3 is 35.9 Å². The van der Waals surface area contributed by atoms with Crippen LogP contribution in [0.3, 0.4) is 0 Å². The van der Waals surface area contributed by atoms with Gasteiger partial charge in [-0.15, -0.1) is 0 Å². The zero-order valence-electron chi connectivity index (χ0n) is 44.1. The fourth-order valence-electron chi connectivity index (χ4n) is 11.7. The number of rotatable bonds is 17. The van der Waals surface area contributed by atoms with Crippen LogP contribution >= 0.6 is 0 Å². The molecule has 1 heterocycles. The van der Waals surface area contributed by atoms with E-state index in [1.54, 1.807) is 117 Å². The van der Waals surface area contributed by atoms with Gasteiger partial charge in [-0.1, -0.05) is 111 Å². The fourth-order valence-corrected chi connectivity index (χ4v) is 11.7. The van der Waals surface area contributed by atoms with E-state index in [0.717, 1.165) is 19.4 Å². The van der Waals surface area contributed by atoms with Gasteiger partial charge in [-0.2, -0.15) is 0 Å². The number of aliphatic hydroxyl groups excluding tert-OH is 1. The summed E-state index contributed by atoms with van der Waals surface area (Å²) in [4.78, 5) is 113. The van der Waals surface area contributed by atoms with E-state index < -0.39 is 125 Å². The number of carbonyl (C=O) groups is 8. The second-order valence-corrected chi connectivity index (χ2v) is 20.9. The number of aliphatic hydroxyl groups is 2. The lowest BCUT2D eigenvalue weighted by atomic mass is 9.44. The Morgan fingerprint density at radius 2 is 1.38 bits per heavy atom. The van der Waals surface area contributed by atoms with Crippen molar-refractivity contribution in [2.24, 2.45) is 16.7 Å². The van der Waals surface area contributed by atoms with Crippen molar-refractivity contribution in [3.63, 3.8) is 0 Å². The number of Topliss-reactive ketones (excluding diaryl/α,β-unsaturated/α-hetero) is 1. The van der Waals surface area contributed by atoms with Crippen LogP contribution in [0.25, 0.3) is 0 Å². The number of fused-ring (bicyclic) bond motifs is 5. The van der Waals surface area contributed by atoms with Crippen LogP contribution in [0.1, 0.15) is 105 Å². The number of hydrogen-bond acceptors (Lipinski definition) is 17. The van der Waals surface area contributed by atoms with Gasteiger partial charge in [-0.25, -0.2) is 14.4 Å². The third kappa shape index (κ3) is 11.0. The lowest BCUT2D eigenvalue weighted by molar-refractivity contribution is -0.346. The summed E-state index contributed by atoms with van der Waals surface area (Å²) in [6, 6.07) is 31.6. The fraction of sp³-hybridized carbons (Fsp3) is 0.424. The Balaban J connectivity index is 1.21. The highest BCUT2D eigenvalue weighted by Gasteiger charge is 2.78. The Bertz CT molecular complexity index is 2930. The standard InChI is InChI=1S/C59H64N2O17/c1-34-41(75-54(69)48(46(38-22-13-8-14-23-38)61-52(67)39-24-15-9-16-25-39)76-44(65)28-19-29-60-55(70)72-32-37-20-11-7-12-21-37)31-59(71)51(77-53(68)40-26-17-10-18-27-40)49-57(6,42(64)30-43-58(49,33-73-43)78-36(3)63)50(66)47(74-35(2)62)45(34)56(59,4)5/h7-18,20-27,41-43,46-49,51,64,71H,19,28-33H2,1-6H3,(H,60,70)(H,61,67)/t41-,42-,43+,46-,47+,48+,49-,51-,57+,58-,59+/m0/s1. The van der Waals surface area contributed by atoms with E-state index in [1.807, 2.05) is 6.07 Å². The van der Waals surface area contributed by atoms with E-state index in [1.165, 1.54) is 26.0 Å². The molecule has 2 amide bonds. The molecule has 19 heteroatoms. The highest BCUT2D eigenvalue weighted by Crippen LogP contribution is 2.64. The molecule has 11 atom stereocenters. The molecule has 0 radical (unpaired) electrons. The number of esters is 5. The first-order valence-corrected chi connectivity index (χ1v) is 25.8. The predicted octanol–water partition coefficient (Wildman–Crippen LogP) is 5.99. The Morgan fingerprint density at radius 1 is 0.782 bits per heavy atom. The molecule has 3 fully saturated rings. The van der Waals surface area contributed by atoms with E-state index in [-0.39, 0.29) is 61.3 Å². The summed E-state index contributed by atoms with van der Waals surface area (Å²) in [6.45, 7) is 7.79. The minimum absolute atomic E-state index is 0.00785. The molecule has 2 bridgehead atoms. The van der Waals surface area contributed by atoms with Crippen molar-refractivity contribution >= 4 is 47.6 Å². The topological polar surface area (TPSA) is 266 Å². The van der Waals surface area contributed by atoms with Crippen LogP contribution in [0.15, 0.2) is 132 Å². The molecular formula is C59H64N2O17. The average Bonchev–Trinajstić information content (AvgIpc) is 3.17. The smallest absolute Gasteiger partial charge is 0.407 e. The Kier molecular flexibility index (Phi) is 16.7. The highest BCUT2D eigenvalue weighted by atomic mass is 16.6. The second-order valence-electron chi connectivity index (χ2n) is 20.9. The van der Waals surface area contributed by atoms with Crippen LogP contribution in [-0.2, 0) is 63.7 Å².